The third-order valence-electron chi connectivity index (χ3n) is 4.18. The van der Waals surface area contributed by atoms with Crippen molar-refractivity contribution in [1.82, 2.24) is 0 Å². The minimum Gasteiger partial charge on any atom is -0.444 e. The fourth-order valence-electron chi connectivity index (χ4n) is 2.69. The highest BCUT2D eigenvalue weighted by atomic mass is 79.9. The summed E-state index contributed by atoms with van der Waals surface area (Å²) in [6.07, 6.45) is -1.15. The number of halogens is 1. The lowest BCUT2D eigenvalue weighted by molar-refractivity contribution is -0.125. The Kier molecular flexibility index (Phi) is 6.57. The van der Waals surface area contributed by atoms with Crippen LogP contribution in [0.3, 0.4) is 0 Å². The van der Waals surface area contributed by atoms with Gasteiger partial charge in [0.15, 0.2) is 5.78 Å². The summed E-state index contributed by atoms with van der Waals surface area (Å²) in [6.45, 7) is 1.45. The molecule has 0 bridgehead atoms. The number of ether oxygens (including phenoxy) is 1. The van der Waals surface area contributed by atoms with Gasteiger partial charge in [0.2, 0.25) is 6.10 Å². The topological polar surface area (TPSA) is 72.5 Å². The van der Waals surface area contributed by atoms with Crippen molar-refractivity contribution < 1.29 is 19.1 Å². The quantitative estimate of drug-likeness (QED) is 0.413. The first-order valence-electron chi connectivity index (χ1n) is 8.87. The molecule has 0 saturated heterocycles. The van der Waals surface area contributed by atoms with Gasteiger partial charge < -0.3 is 10.1 Å². The lowest BCUT2D eigenvalue weighted by atomic mass is 10.1. The van der Waals surface area contributed by atoms with Crippen molar-refractivity contribution in [3.8, 4) is 0 Å². The number of ketones is 1. The van der Waals surface area contributed by atoms with Crippen LogP contribution < -0.4 is 5.32 Å². The number of rotatable bonds is 6. The van der Waals surface area contributed by atoms with E-state index in [-0.39, 0.29) is 5.78 Å². The Labute approximate surface area is 176 Å². The summed E-state index contributed by atoms with van der Waals surface area (Å²) < 4.78 is 6.37. The minimum atomic E-state index is -1.15. The number of amides is 1. The van der Waals surface area contributed by atoms with E-state index in [2.05, 4.69) is 21.2 Å². The number of hydrogen-bond acceptors (Lipinski definition) is 4. The van der Waals surface area contributed by atoms with Crippen LogP contribution in [0.15, 0.2) is 83.3 Å². The smallest absolute Gasteiger partial charge is 0.339 e. The first kappa shape index (κ1) is 20.5. The van der Waals surface area contributed by atoms with E-state index in [0.29, 0.717) is 22.4 Å². The third kappa shape index (κ3) is 5.39. The Morgan fingerprint density at radius 3 is 2.21 bits per heavy atom. The van der Waals surface area contributed by atoms with Crippen LogP contribution in [0.4, 0.5) is 5.69 Å². The Balaban J connectivity index is 1.84. The van der Waals surface area contributed by atoms with E-state index in [0.717, 1.165) is 4.47 Å². The fourth-order valence-corrected chi connectivity index (χ4v) is 2.95. The summed E-state index contributed by atoms with van der Waals surface area (Å²) in [5.41, 5.74) is 1.80. The highest BCUT2D eigenvalue weighted by Gasteiger charge is 2.26. The molecule has 0 aromatic heterocycles. The van der Waals surface area contributed by atoms with Crippen molar-refractivity contribution in [2.75, 3.05) is 5.32 Å². The molecule has 0 saturated carbocycles. The van der Waals surface area contributed by atoms with E-state index in [9.17, 15) is 14.4 Å². The maximum Gasteiger partial charge on any atom is 0.339 e. The molecule has 0 spiro atoms. The summed E-state index contributed by atoms with van der Waals surface area (Å²) in [7, 11) is 0. The number of carbonyl (C=O) groups excluding carboxylic acids is 3. The molecule has 0 aliphatic rings. The normalized spacial score (nSPS) is 11.4. The largest absolute Gasteiger partial charge is 0.444 e. The van der Waals surface area contributed by atoms with Crippen LogP contribution >= 0.6 is 15.9 Å². The zero-order valence-corrected chi connectivity index (χ0v) is 17.2. The van der Waals surface area contributed by atoms with Gasteiger partial charge >= 0.3 is 5.97 Å². The number of esters is 1. The highest BCUT2D eigenvalue weighted by Crippen LogP contribution is 2.23. The second-order valence-corrected chi connectivity index (χ2v) is 7.24. The molecule has 0 heterocycles. The standard InChI is InChI=1S/C23H18BrNO4/c1-15(26)18-8-5-9-20(14-18)25-22(27)21(16-6-3-2-4-7-16)29-23(28)17-10-12-19(24)13-11-17/h2-14,21H,1H3,(H,25,27)/t21-/m0/s1. The van der Waals surface area contributed by atoms with Gasteiger partial charge in [0.25, 0.3) is 5.91 Å². The molecule has 3 aromatic carbocycles. The van der Waals surface area contributed by atoms with Gasteiger partial charge in [-0.15, -0.1) is 0 Å². The number of carbonyl (C=O) groups is 3. The van der Waals surface area contributed by atoms with Crippen LogP contribution in [-0.2, 0) is 9.53 Å². The van der Waals surface area contributed by atoms with Gasteiger partial charge in [-0.25, -0.2) is 4.79 Å². The van der Waals surface area contributed by atoms with Crippen molar-refractivity contribution in [2.45, 2.75) is 13.0 Å². The van der Waals surface area contributed by atoms with E-state index in [1.165, 1.54) is 6.92 Å². The monoisotopic (exact) mass is 451 g/mol. The molecule has 6 heteroatoms. The molecule has 146 valence electrons. The lowest BCUT2D eigenvalue weighted by Gasteiger charge is -2.18. The van der Waals surface area contributed by atoms with Crippen LogP contribution in [0, 0.1) is 0 Å². The van der Waals surface area contributed by atoms with Crippen molar-refractivity contribution >= 4 is 39.3 Å². The predicted molar refractivity (Wildman–Crippen MR) is 114 cm³/mol. The second-order valence-electron chi connectivity index (χ2n) is 6.33. The Bertz CT molecular complexity index is 1030. The Morgan fingerprint density at radius 1 is 0.862 bits per heavy atom. The highest BCUT2D eigenvalue weighted by molar-refractivity contribution is 9.10. The van der Waals surface area contributed by atoms with E-state index in [1.54, 1.807) is 72.8 Å². The molecule has 1 N–H and O–H groups in total. The molecule has 3 aromatic rings. The van der Waals surface area contributed by atoms with Crippen molar-refractivity contribution in [1.29, 1.82) is 0 Å². The molecule has 3 rings (SSSR count). The molecule has 5 nitrogen and oxygen atoms in total. The minimum absolute atomic E-state index is 0.109. The molecule has 0 unspecified atom stereocenters. The zero-order valence-electron chi connectivity index (χ0n) is 15.6. The number of nitrogens with one attached hydrogen (secondary N) is 1. The van der Waals surface area contributed by atoms with Crippen LogP contribution in [0.1, 0.15) is 39.3 Å². The van der Waals surface area contributed by atoms with E-state index in [1.807, 2.05) is 6.07 Å². The van der Waals surface area contributed by atoms with E-state index >= 15 is 0 Å². The molecular formula is C23H18BrNO4. The molecule has 0 aliphatic heterocycles. The van der Waals surface area contributed by atoms with Gasteiger partial charge in [-0.3, -0.25) is 9.59 Å². The third-order valence-corrected chi connectivity index (χ3v) is 4.71. The van der Waals surface area contributed by atoms with E-state index in [4.69, 9.17) is 4.74 Å². The van der Waals surface area contributed by atoms with Gasteiger partial charge in [-0.1, -0.05) is 58.4 Å². The zero-order chi connectivity index (χ0) is 20.8. The van der Waals surface area contributed by atoms with Crippen molar-refractivity contribution in [2.24, 2.45) is 0 Å². The predicted octanol–water partition coefficient (Wildman–Crippen LogP) is 5.19. The SMILES string of the molecule is CC(=O)c1cccc(NC(=O)[C@@H](OC(=O)c2ccc(Br)cc2)c2ccccc2)c1. The van der Waals surface area contributed by atoms with E-state index < -0.39 is 18.0 Å². The second kappa shape index (κ2) is 9.30. The summed E-state index contributed by atoms with van der Waals surface area (Å²) >= 11 is 3.32. The molecule has 0 fully saturated rings. The molecular weight excluding hydrogens is 434 g/mol. The molecule has 0 radical (unpaired) electrons. The molecule has 0 aliphatic carbocycles. The number of anilines is 1. The average Bonchev–Trinajstić information content (AvgIpc) is 2.73. The maximum atomic E-state index is 12.9. The summed E-state index contributed by atoms with van der Waals surface area (Å²) in [4.78, 5) is 37.1. The van der Waals surface area contributed by atoms with Gasteiger partial charge in [0.1, 0.15) is 0 Å². The molecule has 1 amide bonds. The first-order valence-corrected chi connectivity index (χ1v) is 9.66. The number of Topliss-reactive ketones (excluding diaryl/α,β-unsaturated/α-hetero) is 1. The van der Waals surface area contributed by atoms with Gasteiger partial charge in [-0.2, -0.15) is 0 Å². The summed E-state index contributed by atoms with van der Waals surface area (Å²) in [6, 6.07) is 22.0. The van der Waals surface area contributed by atoms with Crippen LogP contribution in [-0.4, -0.2) is 17.7 Å². The Morgan fingerprint density at radius 2 is 1.55 bits per heavy atom. The molecule has 29 heavy (non-hydrogen) atoms. The van der Waals surface area contributed by atoms with Crippen molar-refractivity contribution in [3.63, 3.8) is 0 Å². The first-order chi connectivity index (χ1) is 13.9. The maximum absolute atomic E-state index is 12.9. The van der Waals surface area contributed by atoms with Crippen LogP contribution in [0.5, 0.6) is 0 Å². The Hall–Kier alpha value is -3.25. The lowest BCUT2D eigenvalue weighted by Crippen LogP contribution is -2.26. The van der Waals surface area contributed by atoms with Gasteiger partial charge in [0.05, 0.1) is 5.56 Å². The van der Waals surface area contributed by atoms with Gasteiger partial charge in [-0.05, 0) is 43.3 Å². The van der Waals surface area contributed by atoms with Crippen molar-refractivity contribution in [3.05, 3.63) is 100 Å². The fraction of sp³-hybridized carbons (Fsp3) is 0.0870. The number of benzene rings is 3. The summed E-state index contributed by atoms with van der Waals surface area (Å²) in [5.74, 6) is -1.23. The van der Waals surface area contributed by atoms with Crippen LogP contribution in [0.2, 0.25) is 0 Å². The average molecular weight is 452 g/mol. The van der Waals surface area contributed by atoms with Gasteiger partial charge in [0, 0.05) is 21.3 Å². The molecule has 1 atom stereocenters. The number of hydrogen-bond donors (Lipinski definition) is 1. The summed E-state index contributed by atoms with van der Waals surface area (Å²) in [5, 5.41) is 2.73. The van der Waals surface area contributed by atoms with Crippen LogP contribution in [0.25, 0.3) is 0 Å².